The minimum atomic E-state index is 0.235. The predicted molar refractivity (Wildman–Crippen MR) is 60.4 cm³/mol. The Kier molecular flexibility index (Phi) is 3.27. The van der Waals surface area contributed by atoms with E-state index in [9.17, 15) is 0 Å². The van der Waals surface area contributed by atoms with E-state index in [2.05, 4.69) is 32.0 Å². The minimum Gasteiger partial charge on any atom is -0.488 e. The number of ether oxygens (including phenoxy) is 2. The molecule has 1 heterocycles. The molecular formula is C13H18O2. The molecule has 1 fully saturated rings. The Morgan fingerprint density at radius 2 is 2.20 bits per heavy atom. The van der Waals surface area contributed by atoms with Crippen LogP contribution in [-0.2, 0) is 4.74 Å². The fraction of sp³-hybridized carbons (Fsp3) is 0.538. The highest BCUT2D eigenvalue weighted by Crippen LogP contribution is 2.22. The molecule has 1 aromatic rings. The molecule has 0 aliphatic carbocycles. The van der Waals surface area contributed by atoms with E-state index in [-0.39, 0.29) is 6.10 Å². The van der Waals surface area contributed by atoms with Gasteiger partial charge in [-0.15, -0.1) is 0 Å². The molecule has 0 amide bonds. The third-order valence-corrected chi connectivity index (χ3v) is 2.76. The zero-order valence-electron chi connectivity index (χ0n) is 9.45. The van der Waals surface area contributed by atoms with Crippen molar-refractivity contribution in [3.8, 4) is 5.75 Å². The predicted octanol–water partition coefficient (Wildman–Crippen LogP) is 2.86. The molecule has 0 aromatic heterocycles. The quantitative estimate of drug-likeness (QED) is 0.740. The lowest BCUT2D eigenvalue weighted by Crippen LogP contribution is -2.28. The van der Waals surface area contributed by atoms with Crippen LogP contribution in [0.2, 0.25) is 0 Å². The molecule has 1 saturated heterocycles. The molecular weight excluding hydrogens is 188 g/mol. The summed E-state index contributed by atoms with van der Waals surface area (Å²) in [7, 11) is 0. The normalized spacial score (nSPS) is 21.3. The van der Waals surface area contributed by atoms with Gasteiger partial charge in [0.25, 0.3) is 0 Å². The topological polar surface area (TPSA) is 18.5 Å². The molecule has 2 nitrogen and oxygen atoms in total. The molecule has 0 saturated carbocycles. The van der Waals surface area contributed by atoms with Crippen molar-refractivity contribution in [3.05, 3.63) is 29.3 Å². The first-order valence-electron chi connectivity index (χ1n) is 5.57. The van der Waals surface area contributed by atoms with Gasteiger partial charge in [0.2, 0.25) is 0 Å². The molecule has 0 N–H and O–H groups in total. The Balaban J connectivity index is 2.05. The summed E-state index contributed by atoms with van der Waals surface area (Å²) in [5.41, 5.74) is 2.44. The third-order valence-electron chi connectivity index (χ3n) is 2.76. The van der Waals surface area contributed by atoms with Crippen LogP contribution in [0.15, 0.2) is 18.2 Å². The van der Waals surface area contributed by atoms with Gasteiger partial charge in [-0.1, -0.05) is 12.1 Å². The van der Waals surface area contributed by atoms with Crippen LogP contribution in [0.25, 0.3) is 0 Å². The van der Waals surface area contributed by atoms with Gasteiger partial charge in [0.1, 0.15) is 11.9 Å². The standard InChI is InChI=1S/C13H18O2/c1-10-5-6-11(2)13(8-10)15-12-4-3-7-14-9-12/h5-6,8,12H,3-4,7,9H2,1-2H3. The van der Waals surface area contributed by atoms with E-state index in [1.807, 2.05) is 0 Å². The highest BCUT2D eigenvalue weighted by molar-refractivity contribution is 5.36. The summed E-state index contributed by atoms with van der Waals surface area (Å²) in [4.78, 5) is 0. The lowest BCUT2D eigenvalue weighted by atomic mass is 10.1. The molecule has 2 rings (SSSR count). The van der Waals surface area contributed by atoms with Crippen molar-refractivity contribution >= 4 is 0 Å². The van der Waals surface area contributed by atoms with Crippen LogP contribution in [0.3, 0.4) is 0 Å². The summed E-state index contributed by atoms with van der Waals surface area (Å²) in [6.07, 6.45) is 2.45. The van der Waals surface area contributed by atoms with Gasteiger partial charge in [0, 0.05) is 6.61 Å². The molecule has 1 atom stereocenters. The summed E-state index contributed by atoms with van der Waals surface area (Å²) in [6, 6.07) is 6.32. The Morgan fingerprint density at radius 3 is 2.93 bits per heavy atom. The number of hydrogen-bond acceptors (Lipinski definition) is 2. The van der Waals surface area contributed by atoms with Crippen LogP contribution in [-0.4, -0.2) is 19.3 Å². The summed E-state index contributed by atoms with van der Waals surface area (Å²) in [6.45, 7) is 5.78. The second kappa shape index (κ2) is 4.67. The van der Waals surface area contributed by atoms with Gasteiger partial charge >= 0.3 is 0 Å². The van der Waals surface area contributed by atoms with Crippen molar-refractivity contribution in [2.45, 2.75) is 32.8 Å². The van der Waals surface area contributed by atoms with Crippen molar-refractivity contribution in [1.29, 1.82) is 0 Å². The number of hydrogen-bond donors (Lipinski definition) is 0. The first kappa shape index (κ1) is 10.5. The zero-order chi connectivity index (χ0) is 10.7. The average molecular weight is 206 g/mol. The highest BCUT2D eigenvalue weighted by Gasteiger charge is 2.16. The molecule has 2 heteroatoms. The smallest absolute Gasteiger partial charge is 0.123 e. The van der Waals surface area contributed by atoms with E-state index < -0.39 is 0 Å². The molecule has 15 heavy (non-hydrogen) atoms. The van der Waals surface area contributed by atoms with Gasteiger partial charge in [0.15, 0.2) is 0 Å². The fourth-order valence-corrected chi connectivity index (χ4v) is 1.82. The van der Waals surface area contributed by atoms with Crippen molar-refractivity contribution in [3.63, 3.8) is 0 Å². The van der Waals surface area contributed by atoms with Crippen LogP contribution < -0.4 is 4.74 Å². The first-order chi connectivity index (χ1) is 7.25. The summed E-state index contributed by atoms with van der Waals surface area (Å²) < 4.78 is 11.3. The molecule has 1 aromatic carbocycles. The van der Waals surface area contributed by atoms with Gasteiger partial charge in [0.05, 0.1) is 6.61 Å². The van der Waals surface area contributed by atoms with Crippen molar-refractivity contribution in [1.82, 2.24) is 0 Å². The van der Waals surface area contributed by atoms with Crippen molar-refractivity contribution < 1.29 is 9.47 Å². The summed E-state index contributed by atoms with van der Waals surface area (Å²) in [5, 5.41) is 0. The molecule has 1 aliphatic rings. The molecule has 0 radical (unpaired) electrons. The molecule has 1 aliphatic heterocycles. The third kappa shape index (κ3) is 2.72. The maximum atomic E-state index is 5.94. The van der Waals surface area contributed by atoms with Gasteiger partial charge < -0.3 is 9.47 Å². The summed E-state index contributed by atoms with van der Waals surface area (Å²) >= 11 is 0. The lowest BCUT2D eigenvalue weighted by Gasteiger charge is -2.24. The van der Waals surface area contributed by atoms with Gasteiger partial charge in [-0.2, -0.15) is 0 Å². The number of aryl methyl sites for hydroxylation is 2. The lowest BCUT2D eigenvalue weighted by molar-refractivity contribution is 0.00713. The molecule has 0 spiro atoms. The van der Waals surface area contributed by atoms with E-state index in [1.54, 1.807) is 0 Å². The van der Waals surface area contributed by atoms with Crippen LogP contribution >= 0.6 is 0 Å². The molecule has 82 valence electrons. The first-order valence-corrected chi connectivity index (χ1v) is 5.57. The monoisotopic (exact) mass is 206 g/mol. The Morgan fingerprint density at radius 1 is 1.33 bits per heavy atom. The van der Waals surface area contributed by atoms with Crippen molar-refractivity contribution in [2.24, 2.45) is 0 Å². The van der Waals surface area contributed by atoms with Gasteiger partial charge in [-0.3, -0.25) is 0 Å². The van der Waals surface area contributed by atoms with Gasteiger partial charge in [-0.25, -0.2) is 0 Å². The van der Waals surface area contributed by atoms with Crippen molar-refractivity contribution in [2.75, 3.05) is 13.2 Å². The van der Waals surface area contributed by atoms with E-state index in [0.717, 1.165) is 31.8 Å². The summed E-state index contributed by atoms with van der Waals surface area (Å²) in [5.74, 6) is 1.01. The van der Waals surface area contributed by atoms with E-state index >= 15 is 0 Å². The number of rotatable bonds is 2. The molecule has 1 unspecified atom stereocenters. The van der Waals surface area contributed by atoms with Gasteiger partial charge in [-0.05, 0) is 43.9 Å². The number of benzene rings is 1. The van der Waals surface area contributed by atoms with Crippen LogP contribution in [0.4, 0.5) is 0 Å². The molecule has 0 bridgehead atoms. The second-order valence-corrected chi connectivity index (χ2v) is 4.23. The van der Waals surface area contributed by atoms with Crippen LogP contribution in [0.5, 0.6) is 5.75 Å². The fourth-order valence-electron chi connectivity index (χ4n) is 1.82. The van der Waals surface area contributed by atoms with Crippen LogP contribution in [0, 0.1) is 13.8 Å². The van der Waals surface area contributed by atoms with E-state index in [4.69, 9.17) is 9.47 Å². The second-order valence-electron chi connectivity index (χ2n) is 4.23. The van der Waals surface area contributed by atoms with E-state index in [1.165, 1.54) is 11.1 Å². The average Bonchev–Trinajstić information content (AvgIpc) is 2.25. The maximum absolute atomic E-state index is 5.94. The SMILES string of the molecule is Cc1ccc(C)c(OC2CCCOC2)c1. The Labute approximate surface area is 91.2 Å². The van der Waals surface area contributed by atoms with E-state index in [0.29, 0.717) is 0 Å². The Bertz CT molecular complexity index is 327. The maximum Gasteiger partial charge on any atom is 0.123 e. The van der Waals surface area contributed by atoms with Crippen LogP contribution in [0.1, 0.15) is 24.0 Å². The largest absolute Gasteiger partial charge is 0.488 e. The highest BCUT2D eigenvalue weighted by atomic mass is 16.5. The Hall–Kier alpha value is -1.02. The zero-order valence-corrected chi connectivity index (χ0v) is 9.45. The minimum absolute atomic E-state index is 0.235.